The van der Waals surface area contributed by atoms with E-state index in [9.17, 15) is 18.0 Å². The minimum Gasteiger partial charge on any atom is -0.319 e. The molecule has 0 saturated heterocycles. The Morgan fingerprint density at radius 1 is 1.24 bits per heavy atom. The van der Waals surface area contributed by atoms with Gasteiger partial charge in [0.2, 0.25) is 0 Å². The Bertz CT molecular complexity index is 988. The highest BCUT2D eigenvalue weighted by Gasteiger charge is 2.37. The molecule has 0 fully saturated rings. The van der Waals surface area contributed by atoms with Crippen LogP contribution in [0.25, 0.3) is 5.65 Å². The molecule has 0 saturated carbocycles. The van der Waals surface area contributed by atoms with Crippen LogP contribution in [0.2, 0.25) is 10.0 Å². The number of fused-ring (bicyclic) bond motifs is 1. The van der Waals surface area contributed by atoms with Gasteiger partial charge in [-0.15, -0.1) is 0 Å². The molecule has 25 heavy (non-hydrogen) atoms. The molecule has 0 unspecified atom stereocenters. The molecule has 0 bridgehead atoms. The fourth-order valence-corrected chi connectivity index (χ4v) is 3.27. The van der Waals surface area contributed by atoms with E-state index in [0.29, 0.717) is 5.02 Å². The number of hydrogen-bond acceptors (Lipinski definition) is 2. The zero-order chi connectivity index (χ0) is 18.4. The van der Waals surface area contributed by atoms with Gasteiger partial charge in [-0.05, 0) is 46.3 Å². The van der Waals surface area contributed by atoms with Gasteiger partial charge in [-0.3, -0.25) is 9.20 Å². The molecule has 0 aliphatic rings. The molecule has 0 aliphatic heterocycles. The molecule has 4 nitrogen and oxygen atoms in total. The van der Waals surface area contributed by atoms with Crippen molar-refractivity contribution in [3.8, 4) is 0 Å². The first-order valence-corrected chi connectivity index (χ1v) is 8.23. The number of imidazole rings is 1. The number of carbonyl (C=O) groups is 1. The lowest BCUT2D eigenvalue weighted by molar-refractivity contribution is -0.141. The van der Waals surface area contributed by atoms with Gasteiger partial charge in [0.25, 0.3) is 5.91 Å². The van der Waals surface area contributed by atoms with Crippen molar-refractivity contribution in [3.63, 3.8) is 0 Å². The summed E-state index contributed by atoms with van der Waals surface area (Å²) in [6.45, 7) is 0. The molecule has 0 atom stereocenters. The molecular weight excluding hydrogens is 446 g/mol. The highest BCUT2D eigenvalue weighted by Crippen LogP contribution is 2.36. The molecule has 1 N–H and O–H groups in total. The fraction of sp³-hybridized carbons (Fsp3) is 0.0667. The van der Waals surface area contributed by atoms with Gasteiger partial charge in [0, 0.05) is 11.2 Å². The maximum absolute atomic E-state index is 13.0. The monoisotopic (exact) mass is 451 g/mol. The van der Waals surface area contributed by atoms with Gasteiger partial charge in [0.15, 0.2) is 11.3 Å². The van der Waals surface area contributed by atoms with E-state index in [2.05, 4.69) is 26.2 Å². The van der Waals surface area contributed by atoms with Crippen LogP contribution < -0.4 is 5.32 Å². The Morgan fingerprint density at radius 2 is 1.96 bits per heavy atom. The van der Waals surface area contributed by atoms with Gasteiger partial charge in [0.05, 0.1) is 16.3 Å². The molecule has 2 aromatic heterocycles. The third-order valence-electron chi connectivity index (χ3n) is 3.28. The lowest BCUT2D eigenvalue weighted by Gasteiger charge is -2.08. The van der Waals surface area contributed by atoms with Gasteiger partial charge in [-0.1, -0.05) is 23.2 Å². The van der Waals surface area contributed by atoms with Crippen LogP contribution in [0.3, 0.4) is 0 Å². The molecule has 0 aliphatic carbocycles. The number of aromatic nitrogens is 2. The second-order valence-electron chi connectivity index (χ2n) is 4.94. The molecule has 0 spiro atoms. The summed E-state index contributed by atoms with van der Waals surface area (Å²) in [5, 5.41) is 3.00. The minimum absolute atomic E-state index is 0.0554. The maximum Gasteiger partial charge on any atom is 0.436 e. The van der Waals surface area contributed by atoms with Crippen molar-refractivity contribution < 1.29 is 18.0 Å². The normalized spacial score (nSPS) is 11.8. The summed E-state index contributed by atoms with van der Waals surface area (Å²) in [6.07, 6.45) is -3.24. The minimum atomic E-state index is -4.63. The predicted molar refractivity (Wildman–Crippen MR) is 92.3 cm³/mol. The predicted octanol–water partition coefficient (Wildman–Crippen LogP) is 5.67. The molecule has 10 heteroatoms. The molecule has 1 aromatic carbocycles. The summed E-state index contributed by atoms with van der Waals surface area (Å²) < 4.78 is 40.0. The molecule has 3 rings (SSSR count). The number of carbonyl (C=O) groups excluding carboxylic acids is 1. The lowest BCUT2D eigenvalue weighted by atomic mass is 10.2. The second kappa shape index (κ2) is 6.51. The quantitative estimate of drug-likeness (QED) is 0.544. The van der Waals surface area contributed by atoms with Crippen LogP contribution in [0, 0.1) is 0 Å². The highest BCUT2D eigenvalue weighted by atomic mass is 79.9. The third-order valence-corrected chi connectivity index (χ3v) is 4.59. The topological polar surface area (TPSA) is 46.4 Å². The lowest BCUT2D eigenvalue weighted by Crippen LogP contribution is -2.13. The van der Waals surface area contributed by atoms with E-state index in [1.165, 1.54) is 40.9 Å². The number of alkyl halides is 3. The van der Waals surface area contributed by atoms with Crippen LogP contribution in [-0.2, 0) is 6.18 Å². The van der Waals surface area contributed by atoms with Crippen molar-refractivity contribution in [2.24, 2.45) is 0 Å². The first-order chi connectivity index (χ1) is 11.7. The average molecular weight is 453 g/mol. The molecule has 3 aromatic rings. The van der Waals surface area contributed by atoms with Crippen molar-refractivity contribution in [3.05, 3.63) is 62.4 Å². The molecule has 1 amide bonds. The average Bonchev–Trinajstić information content (AvgIpc) is 2.85. The number of amides is 1. The maximum atomic E-state index is 13.0. The Labute approximate surface area is 157 Å². The van der Waals surface area contributed by atoms with E-state index in [0.717, 1.165) is 0 Å². The van der Waals surface area contributed by atoms with E-state index >= 15 is 0 Å². The van der Waals surface area contributed by atoms with Crippen LogP contribution in [0.5, 0.6) is 0 Å². The molecule has 2 heterocycles. The van der Waals surface area contributed by atoms with Crippen LogP contribution in [-0.4, -0.2) is 15.3 Å². The zero-order valence-corrected chi connectivity index (χ0v) is 15.1. The number of pyridine rings is 1. The number of hydrogen-bond donors (Lipinski definition) is 1. The van der Waals surface area contributed by atoms with E-state index in [-0.39, 0.29) is 26.5 Å². The Kier molecular flexibility index (Phi) is 4.70. The van der Waals surface area contributed by atoms with Gasteiger partial charge >= 0.3 is 6.18 Å². The standard InChI is InChI=1S/C15H7BrCl2F3N3O/c16-12-11(15(19,20)21)23-13-10(2-1-5-24(12)13)22-14(25)8-4-3-7(17)6-9(8)18/h1-6H,(H,22,25). The molecule has 130 valence electrons. The zero-order valence-electron chi connectivity index (χ0n) is 12.0. The highest BCUT2D eigenvalue weighted by molar-refractivity contribution is 9.10. The summed E-state index contributed by atoms with van der Waals surface area (Å²) in [4.78, 5) is 16.0. The first kappa shape index (κ1) is 18.0. The summed E-state index contributed by atoms with van der Waals surface area (Å²) in [5.74, 6) is -0.595. The van der Waals surface area contributed by atoms with Gasteiger partial charge in [0.1, 0.15) is 4.60 Å². The van der Waals surface area contributed by atoms with Gasteiger partial charge < -0.3 is 5.32 Å². The SMILES string of the molecule is O=C(Nc1cccn2c(Br)c(C(F)(F)F)nc12)c1ccc(Cl)cc1Cl. The number of nitrogens with zero attached hydrogens (tertiary/aromatic N) is 2. The van der Waals surface area contributed by atoms with Crippen molar-refractivity contribution >= 4 is 56.4 Å². The number of halogens is 6. The number of anilines is 1. The van der Waals surface area contributed by atoms with E-state index < -0.39 is 17.8 Å². The van der Waals surface area contributed by atoms with Crippen LogP contribution in [0.4, 0.5) is 18.9 Å². The fourth-order valence-electron chi connectivity index (χ4n) is 2.18. The van der Waals surface area contributed by atoms with Crippen LogP contribution in [0.1, 0.15) is 16.1 Å². The Balaban J connectivity index is 2.03. The van der Waals surface area contributed by atoms with Gasteiger partial charge in [-0.2, -0.15) is 13.2 Å². The summed E-state index contributed by atoms with van der Waals surface area (Å²) >= 11 is 14.6. The van der Waals surface area contributed by atoms with Crippen molar-refractivity contribution in [2.75, 3.05) is 5.32 Å². The van der Waals surface area contributed by atoms with Gasteiger partial charge in [-0.25, -0.2) is 4.98 Å². The van der Waals surface area contributed by atoms with E-state index in [4.69, 9.17) is 23.2 Å². The molecular formula is C15H7BrCl2F3N3O. The Hall–Kier alpha value is -1.77. The summed E-state index contributed by atoms with van der Waals surface area (Å²) in [5.41, 5.74) is -0.900. The third kappa shape index (κ3) is 3.47. The van der Waals surface area contributed by atoms with Crippen molar-refractivity contribution in [2.45, 2.75) is 6.18 Å². The van der Waals surface area contributed by atoms with Crippen molar-refractivity contribution in [1.29, 1.82) is 0 Å². The van der Waals surface area contributed by atoms with E-state index in [1.54, 1.807) is 0 Å². The Morgan fingerprint density at radius 3 is 2.60 bits per heavy atom. The van der Waals surface area contributed by atoms with Crippen molar-refractivity contribution in [1.82, 2.24) is 9.38 Å². The largest absolute Gasteiger partial charge is 0.436 e. The molecule has 0 radical (unpaired) electrons. The smallest absolute Gasteiger partial charge is 0.319 e. The number of benzene rings is 1. The first-order valence-electron chi connectivity index (χ1n) is 6.68. The van der Waals surface area contributed by atoms with Crippen LogP contribution >= 0.6 is 39.1 Å². The van der Waals surface area contributed by atoms with Crippen LogP contribution in [0.15, 0.2) is 41.1 Å². The number of nitrogens with one attached hydrogen (secondary N) is 1. The van der Waals surface area contributed by atoms with E-state index in [1.807, 2.05) is 0 Å². The number of rotatable bonds is 2. The summed E-state index contributed by atoms with van der Waals surface area (Å²) in [6, 6.07) is 7.22. The second-order valence-corrected chi connectivity index (χ2v) is 6.54. The summed E-state index contributed by atoms with van der Waals surface area (Å²) in [7, 11) is 0.